The van der Waals surface area contributed by atoms with Crippen LogP contribution in [0.3, 0.4) is 0 Å². The molecular weight excluding hydrogens is 476 g/mol. The number of ether oxygens (including phenoxy) is 1. The first-order chi connectivity index (χ1) is 17.0. The van der Waals surface area contributed by atoms with Crippen LogP contribution in [-0.4, -0.2) is 38.7 Å². The van der Waals surface area contributed by atoms with Crippen molar-refractivity contribution < 1.29 is 19.4 Å². The van der Waals surface area contributed by atoms with Crippen LogP contribution >= 0.6 is 11.6 Å². The van der Waals surface area contributed by atoms with Gasteiger partial charge in [-0.05, 0) is 81.5 Å². The van der Waals surface area contributed by atoms with E-state index in [0.717, 1.165) is 22.4 Å². The van der Waals surface area contributed by atoms with Gasteiger partial charge in [0.2, 0.25) is 0 Å². The van der Waals surface area contributed by atoms with Gasteiger partial charge < -0.3 is 19.7 Å². The Balaban J connectivity index is 1.76. The Morgan fingerprint density at radius 2 is 1.72 bits per heavy atom. The number of carbonyl (C=O) groups is 2. The molecule has 2 aromatic carbocycles. The zero-order valence-corrected chi connectivity index (χ0v) is 21.9. The highest BCUT2D eigenvalue weighted by molar-refractivity contribution is 6.30. The van der Waals surface area contributed by atoms with Crippen LogP contribution in [0.4, 0.5) is 4.79 Å². The second-order valence-corrected chi connectivity index (χ2v) is 11.1. The Labute approximate surface area is 217 Å². The minimum atomic E-state index is -0.926. The van der Waals surface area contributed by atoms with Crippen LogP contribution in [0.1, 0.15) is 56.5 Å². The molecule has 1 amide bonds. The Hall–Kier alpha value is -3.25. The first-order valence-electron chi connectivity index (χ1n) is 12.2. The van der Waals surface area contributed by atoms with Gasteiger partial charge in [-0.25, -0.2) is 4.79 Å². The van der Waals surface area contributed by atoms with E-state index < -0.39 is 29.0 Å². The molecule has 190 valence electrons. The van der Waals surface area contributed by atoms with Gasteiger partial charge in [-0.3, -0.25) is 4.79 Å². The molecule has 3 atom stereocenters. The highest BCUT2D eigenvalue weighted by Gasteiger charge is 2.46. The summed E-state index contributed by atoms with van der Waals surface area (Å²) in [5.74, 6) is -1.76. The summed E-state index contributed by atoms with van der Waals surface area (Å²) in [6, 6.07) is 18.7. The van der Waals surface area contributed by atoms with Crippen LogP contribution in [-0.2, 0) is 27.9 Å². The number of benzene rings is 2. The number of amides is 1. The number of hydrogen-bond acceptors (Lipinski definition) is 3. The molecule has 4 rings (SSSR count). The molecule has 0 aliphatic carbocycles. The van der Waals surface area contributed by atoms with E-state index >= 15 is 0 Å². The Morgan fingerprint density at radius 3 is 2.31 bits per heavy atom. The maximum Gasteiger partial charge on any atom is 0.410 e. The smallest absolute Gasteiger partial charge is 0.410 e. The van der Waals surface area contributed by atoms with E-state index in [4.69, 9.17) is 16.3 Å². The number of aliphatic carboxylic acids is 1. The maximum atomic E-state index is 13.3. The lowest BCUT2D eigenvalue weighted by molar-refractivity contribution is -0.144. The van der Waals surface area contributed by atoms with Crippen LogP contribution < -0.4 is 0 Å². The van der Waals surface area contributed by atoms with E-state index in [-0.39, 0.29) is 12.5 Å². The summed E-state index contributed by atoms with van der Waals surface area (Å²) in [7, 11) is 0. The summed E-state index contributed by atoms with van der Waals surface area (Å²) in [6.45, 7) is 7.82. The highest BCUT2D eigenvalue weighted by Crippen LogP contribution is 2.43. The van der Waals surface area contributed by atoms with Crippen molar-refractivity contribution in [3.63, 3.8) is 0 Å². The standard InChI is InChI=1S/C29H33ClN2O4/c1-28(2,3)36-27(35)32-18-20-9-6-5-8-19(20)16-23(32)17-24(26(33)34)29(4,25-10-7-15-31-25)21-11-13-22(30)14-12-21/h5-15,23-24,31H,16-18H2,1-4H3,(H,33,34). The number of rotatable bonds is 6. The summed E-state index contributed by atoms with van der Waals surface area (Å²) in [5.41, 5.74) is 2.25. The van der Waals surface area contributed by atoms with E-state index in [1.54, 1.807) is 23.2 Å². The number of carboxylic acids is 1. The van der Waals surface area contributed by atoms with E-state index in [2.05, 4.69) is 4.98 Å². The Kier molecular flexibility index (Phi) is 7.19. The monoisotopic (exact) mass is 508 g/mol. The van der Waals surface area contributed by atoms with Crippen molar-refractivity contribution in [1.29, 1.82) is 0 Å². The molecule has 0 spiro atoms. The number of nitrogens with zero attached hydrogens (tertiary/aromatic N) is 1. The summed E-state index contributed by atoms with van der Waals surface area (Å²) < 4.78 is 5.74. The lowest BCUT2D eigenvalue weighted by Gasteiger charge is -2.42. The van der Waals surface area contributed by atoms with E-state index in [1.807, 2.05) is 76.2 Å². The van der Waals surface area contributed by atoms with Gasteiger partial charge >= 0.3 is 12.1 Å². The van der Waals surface area contributed by atoms with Crippen LogP contribution in [0, 0.1) is 5.92 Å². The van der Waals surface area contributed by atoms with Crippen LogP contribution in [0.5, 0.6) is 0 Å². The number of fused-ring (bicyclic) bond motifs is 1. The average Bonchev–Trinajstić information content (AvgIpc) is 3.36. The van der Waals surface area contributed by atoms with Gasteiger partial charge in [0.25, 0.3) is 0 Å². The Bertz CT molecular complexity index is 1220. The normalized spacial score (nSPS) is 18.1. The average molecular weight is 509 g/mol. The molecule has 1 aliphatic rings. The van der Waals surface area contributed by atoms with Crippen molar-refractivity contribution in [2.75, 3.05) is 0 Å². The number of nitrogens with one attached hydrogen (secondary N) is 1. The van der Waals surface area contributed by atoms with Gasteiger partial charge in [-0.15, -0.1) is 0 Å². The van der Waals surface area contributed by atoms with E-state index in [1.165, 1.54) is 0 Å². The predicted octanol–water partition coefficient (Wildman–Crippen LogP) is 6.43. The topological polar surface area (TPSA) is 82.6 Å². The molecular formula is C29H33ClN2O4. The molecule has 3 aromatic rings. The van der Waals surface area contributed by atoms with Crippen LogP contribution in [0.25, 0.3) is 0 Å². The lowest BCUT2D eigenvalue weighted by Crippen LogP contribution is -2.50. The second-order valence-electron chi connectivity index (χ2n) is 10.7. The summed E-state index contributed by atoms with van der Waals surface area (Å²) >= 11 is 6.16. The number of carbonyl (C=O) groups excluding carboxylic acids is 1. The van der Waals surface area contributed by atoms with Gasteiger partial charge in [-0.2, -0.15) is 0 Å². The van der Waals surface area contributed by atoms with Crippen molar-refractivity contribution in [2.45, 2.75) is 64.1 Å². The molecule has 7 heteroatoms. The van der Waals surface area contributed by atoms with Crippen molar-refractivity contribution >= 4 is 23.7 Å². The minimum Gasteiger partial charge on any atom is -0.481 e. The highest BCUT2D eigenvalue weighted by atomic mass is 35.5. The third kappa shape index (κ3) is 5.29. The van der Waals surface area contributed by atoms with Crippen molar-refractivity contribution in [1.82, 2.24) is 9.88 Å². The molecule has 2 N–H and O–H groups in total. The fraction of sp³-hybridized carbons (Fsp3) is 0.379. The Morgan fingerprint density at radius 1 is 1.06 bits per heavy atom. The van der Waals surface area contributed by atoms with Gasteiger partial charge in [0.1, 0.15) is 5.60 Å². The first-order valence-corrected chi connectivity index (χ1v) is 12.6. The van der Waals surface area contributed by atoms with Gasteiger partial charge in [0.05, 0.1) is 5.92 Å². The first kappa shape index (κ1) is 25.8. The molecule has 3 unspecified atom stereocenters. The molecule has 6 nitrogen and oxygen atoms in total. The van der Waals surface area contributed by atoms with Crippen molar-refractivity contribution in [2.24, 2.45) is 5.92 Å². The second kappa shape index (κ2) is 10.0. The predicted molar refractivity (Wildman–Crippen MR) is 140 cm³/mol. The largest absolute Gasteiger partial charge is 0.481 e. The SMILES string of the molecule is CC(C)(C)OC(=O)N1Cc2ccccc2CC1CC(C(=O)O)C(C)(c1ccc(Cl)cc1)c1ccc[nH]1. The number of hydrogen-bond donors (Lipinski definition) is 2. The fourth-order valence-corrected chi connectivity index (χ4v) is 5.31. The molecule has 0 radical (unpaired) electrons. The molecule has 1 aliphatic heterocycles. The maximum absolute atomic E-state index is 13.3. The lowest BCUT2D eigenvalue weighted by atomic mass is 9.66. The third-order valence-corrected chi connectivity index (χ3v) is 7.34. The van der Waals surface area contributed by atoms with Gasteiger partial charge in [0, 0.05) is 34.9 Å². The van der Waals surface area contributed by atoms with Gasteiger partial charge in [0.15, 0.2) is 0 Å². The molecule has 2 heterocycles. The minimum absolute atomic E-state index is 0.251. The zero-order chi connectivity index (χ0) is 26.1. The summed E-state index contributed by atoms with van der Waals surface area (Å²) in [5, 5.41) is 11.2. The summed E-state index contributed by atoms with van der Waals surface area (Å²) in [6.07, 6.45) is 2.17. The quantitative estimate of drug-likeness (QED) is 0.402. The molecule has 1 aromatic heterocycles. The molecule has 0 saturated carbocycles. The van der Waals surface area contributed by atoms with Crippen LogP contribution in [0.15, 0.2) is 66.9 Å². The molecule has 0 bridgehead atoms. The van der Waals surface area contributed by atoms with E-state index in [0.29, 0.717) is 18.0 Å². The van der Waals surface area contributed by atoms with Crippen molar-refractivity contribution in [3.8, 4) is 0 Å². The van der Waals surface area contributed by atoms with Gasteiger partial charge in [-0.1, -0.05) is 48.0 Å². The third-order valence-electron chi connectivity index (χ3n) is 7.09. The number of H-pyrrole nitrogens is 1. The number of aromatic nitrogens is 1. The molecule has 36 heavy (non-hydrogen) atoms. The number of halogens is 1. The summed E-state index contributed by atoms with van der Waals surface area (Å²) in [4.78, 5) is 31.2. The molecule has 0 fully saturated rings. The number of carboxylic acid groups (broad SMARTS) is 1. The molecule has 0 saturated heterocycles. The van der Waals surface area contributed by atoms with E-state index in [9.17, 15) is 14.7 Å². The number of aromatic amines is 1. The fourth-order valence-electron chi connectivity index (χ4n) is 5.18. The van der Waals surface area contributed by atoms with Crippen LogP contribution in [0.2, 0.25) is 5.02 Å². The van der Waals surface area contributed by atoms with Crippen molar-refractivity contribution in [3.05, 3.63) is 94.3 Å². The zero-order valence-electron chi connectivity index (χ0n) is 21.1.